The van der Waals surface area contributed by atoms with Crippen molar-refractivity contribution in [1.29, 1.82) is 0 Å². The normalized spacial score (nSPS) is 21.9. The van der Waals surface area contributed by atoms with Crippen molar-refractivity contribution in [3.05, 3.63) is 77.6 Å². The van der Waals surface area contributed by atoms with Gasteiger partial charge in [-0.2, -0.15) is 5.10 Å². The number of carbonyl (C=O) groups is 2. The minimum absolute atomic E-state index is 0.0687. The number of hydrogen-bond donors (Lipinski definition) is 1. The average Bonchev–Trinajstić information content (AvgIpc) is 3.50. The molecule has 7 nitrogen and oxygen atoms in total. The fraction of sp³-hybridized carbons (Fsp3) is 0.292. The number of anilines is 1. The van der Waals surface area contributed by atoms with Crippen molar-refractivity contribution < 1.29 is 14.3 Å². The van der Waals surface area contributed by atoms with Crippen molar-refractivity contribution in [2.45, 2.75) is 31.3 Å². The summed E-state index contributed by atoms with van der Waals surface area (Å²) < 4.78 is 7.14. The molecule has 2 amide bonds. The Labute approximate surface area is 180 Å². The molecule has 1 saturated heterocycles. The number of methoxy groups -OCH3 is 1. The van der Waals surface area contributed by atoms with E-state index in [1.54, 1.807) is 24.1 Å². The van der Waals surface area contributed by atoms with Gasteiger partial charge in [0.1, 0.15) is 16.9 Å². The summed E-state index contributed by atoms with van der Waals surface area (Å²) in [5.74, 6) is 0.499. The van der Waals surface area contributed by atoms with Crippen LogP contribution in [0.1, 0.15) is 41.0 Å². The average molecular weight is 416 g/mol. The fourth-order valence-corrected chi connectivity index (χ4v) is 5.09. The third-order valence-corrected chi connectivity index (χ3v) is 6.49. The molecule has 7 heteroatoms. The first-order chi connectivity index (χ1) is 15.1. The van der Waals surface area contributed by atoms with Gasteiger partial charge in [-0.05, 0) is 48.7 Å². The molecule has 158 valence electrons. The highest BCUT2D eigenvalue weighted by molar-refractivity contribution is 6.08. The summed E-state index contributed by atoms with van der Waals surface area (Å²) in [5.41, 5.74) is 2.30. The van der Waals surface area contributed by atoms with Crippen molar-refractivity contribution in [1.82, 2.24) is 14.7 Å². The first kappa shape index (κ1) is 19.4. The van der Waals surface area contributed by atoms with Gasteiger partial charge in [0.25, 0.3) is 5.91 Å². The van der Waals surface area contributed by atoms with E-state index < -0.39 is 11.5 Å². The minimum Gasteiger partial charge on any atom is -0.497 e. The van der Waals surface area contributed by atoms with Gasteiger partial charge in [-0.15, -0.1) is 0 Å². The van der Waals surface area contributed by atoms with Gasteiger partial charge in [0.05, 0.1) is 13.2 Å². The molecule has 0 saturated carbocycles. The standard InChI is InChI=1S/C24H24N4O3/c1-3-28-20(11-13-25-28)22(29)27-14-12-24(18-9-4-5-10-19(18)26-23(24)30)21(27)16-7-6-8-17(15-16)31-2/h4-11,13,15,21H,3,12,14H2,1-2H3,(H,26,30)/t21-,24+/m0/s1. The second-order valence-corrected chi connectivity index (χ2v) is 7.93. The highest BCUT2D eigenvalue weighted by atomic mass is 16.5. The van der Waals surface area contributed by atoms with Crippen molar-refractivity contribution in [2.75, 3.05) is 19.0 Å². The summed E-state index contributed by atoms with van der Waals surface area (Å²) in [5, 5.41) is 7.31. The summed E-state index contributed by atoms with van der Waals surface area (Å²) in [6.45, 7) is 3.02. The summed E-state index contributed by atoms with van der Waals surface area (Å²) in [7, 11) is 1.61. The third-order valence-electron chi connectivity index (χ3n) is 6.49. The minimum atomic E-state index is -0.852. The van der Waals surface area contributed by atoms with Crippen LogP contribution in [0.25, 0.3) is 0 Å². The Morgan fingerprint density at radius 2 is 2.06 bits per heavy atom. The van der Waals surface area contributed by atoms with E-state index >= 15 is 0 Å². The lowest BCUT2D eigenvalue weighted by Gasteiger charge is -2.34. The van der Waals surface area contributed by atoms with Gasteiger partial charge in [-0.1, -0.05) is 30.3 Å². The molecule has 2 aliphatic heterocycles. The zero-order chi connectivity index (χ0) is 21.6. The molecule has 1 spiro atoms. The second kappa shape index (κ2) is 7.27. The molecule has 1 N–H and O–H groups in total. The lowest BCUT2D eigenvalue weighted by Crippen LogP contribution is -2.43. The second-order valence-electron chi connectivity index (χ2n) is 7.93. The maximum absolute atomic E-state index is 13.7. The molecule has 3 aromatic rings. The Kier molecular flexibility index (Phi) is 4.54. The SMILES string of the molecule is CCn1nccc1C(=O)N1CC[C@]2(C(=O)Nc3ccccc32)[C@@H]1c1cccc(OC)c1. The van der Waals surface area contributed by atoms with Crippen LogP contribution in [0, 0.1) is 0 Å². The highest BCUT2D eigenvalue weighted by Crippen LogP contribution is 2.55. The number of benzene rings is 2. The third kappa shape index (κ3) is 2.76. The van der Waals surface area contributed by atoms with E-state index in [-0.39, 0.29) is 11.8 Å². The van der Waals surface area contributed by atoms with Crippen LogP contribution in [-0.4, -0.2) is 40.1 Å². The van der Waals surface area contributed by atoms with Gasteiger partial charge in [0.2, 0.25) is 5.91 Å². The van der Waals surface area contributed by atoms with E-state index in [0.717, 1.165) is 16.8 Å². The molecular weight excluding hydrogens is 392 g/mol. The molecule has 3 heterocycles. The molecule has 2 aromatic carbocycles. The number of hydrogen-bond acceptors (Lipinski definition) is 4. The van der Waals surface area contributed by atoms with Gasteiger partial charge in [0.15, 0.2) is 0 Å². The maximum Gasteiger partial charge on any atom is 0.272 e. The quantitative estimate of drug-likeness (QED) is 0.707. The molecule has 5 rings (SSSR count). The first-order valence-electron chi connectivity index (χ1n) is 10.5. The Hall–Kier alpha value is -3.61. The van der Waals surface area contributed by atoms with Crippen LogP contribution in [0.3, 0.4) is 0 Å². The fourth-order valence-electron chi connectivity index (χ4n) is 5.09. The zero-order valence-electron chi connectivity index (χ0n) is 17.5. The summed E-state index contributed by atoms with van der Waals surface area (Å²) in [6.07, 6.45) is 2.18. The summed E-state index contributed by atoms with van der Waals surface area (Å²) >= 11 is 0. The van der Waals surface area contributed by atoms with Crippen molar-refractivity contribution in [3.8, 4) is 5.75 Å². The Balaban J connectivity index is 1.68. The number of nitrogens with zero attached hydrogens (tertiary/aromatic N) is 3. The van der Waals surface area contributed by atoms with Gasteiger partial charge in [-0.25, -0.2) is 0 Å². The monoisotopic (exact) mass is 416 g/mol. The van der Waals surface area contributed by atoms with Crippen molar-refractivity contribution in [2.24, 2.45) is 0 Å². The molecule has 1 aromatic heterocycles. The van der Waals surface area contributed by atoms with Crippen LogP contribution in [0.5, 0.6) is 5.75 Å². The van der Waals surface area contributed by atoms with Crippen LogP contribution >= 0.6 is 0 Å². The number of amides is 2. The molecule has 31 heavy (non-hydrogen) atoms. The molecule has 2 atom stereocenters. The number of rotatable bonds is 4. The summed E-state index contributed by atoms with van der Waals surface area (Å²) in [6, 6.07) is 16.7. The number of nitrogens with one attached hydrogen (secondary N) is 1. The van der Waals surface area contributed by atoms with Crippen molar-refractivity contribution >= 4 is 17.5 Å². The number of para-hydroxylation sites is 1. The van der Waals surface area contributed by atoms with Crippen LogP contribution < -0.4 is 10.1 Å². The van der Waals surface area contributed by atoms with Gasteiger partial charge < -0.3 is 15.0 Å². The lowest BCUT2D eigenvalue weighted by atomic mass is 9.72. The van der Waals surface area contributed by atoms with E-state index in [1.165, 1.54) is 0 Å². The summed E-state index contributed by atoms with van der Waals surface area (Å²) in [4.78, 5) is 29.0. The molecule has 0 bridgehead atoms. The predicted molar refractivity (Wildman–Crippen MR) is 116 cm³/mol. The van der Waals surface area contributed by atoms with E-state index in [0.29, 0.717) is 31.0 Å². The Morgan fingerprint density at radius 1 is 1.23 bits per heavy atom. The number of aromatic nitrogens is 2. The smallest absolute Gasteiger partial charge is 0.272 e. The first-order valence-corrected chi connectivity index (χ1v) is 10.5. The van der Waals surface area contributed by atoms with Gasteiger partial charge in [-0.3, -0.25) is 14.3 Å². The molecule has 0 unspecified atom stereocenters. The largest absolute Gasteiger partial charge is 0.497 e. The van der Waals surface area contributed by atoms with Gasteiger partial charge >= 0.3 is 0 Å². The zero-order valence-corrected chi connectivity index (χ0v) is 17.5. The van der Waals surface area contributed by atoms with Crippen LogP contribution in [-0.2, 0) is 16.8 Å². The Bertz CT molecular complexity index is 1170. The highest BCUT2D eigenvalue weighted by Gasteiger charge is 2.59. The predicted octanol–water partition coefficient (Wildman–Crippen LogP) is 3.39. The lowest BCUT2D eigenvalue weighted by molar-refractivity contribution is -0.121. The van der Waals surface area contributed by atoms with Crippen LogP contribution in [0.4, 0.5) is 5.69 Å². The van der Waals surface area contributed by atoms with E-state index in [9.17, 15) is 9.59 Å². The molecule has 0 radical (unpaired) electrons. The van der Waals surface area contributed by atoms with Crippen LogP contribution in [0.15, 0.2) is 60.8 Å². The van der Waals surface area contributed by atoms with Gasteiger partial charge in [0, 0.05) is 25.0 Å². The maximum atomic E-state index is 13.7. The van der Waals surface area contributed by atoms with E-state index in [1.807, 2.05) is 60.4 Å². The van der Waals surface area contributed by atoms with E-state index in [4.69, 9.17) is 4.74 Å². The molecule has 2 aliphatic rings. The number of carbonyl (C=O) groups excluding carboxylic acids is 2. The molecule has 1 fully saturated rings. The van der Waals surface area contributed by atoms with Crippen molar-refractivity contribution in [3.63, 3.8) is 0 Å². The number of fused-ring (bicyclic) bond motifs is 2. The Morgan fingerprint density at radius 3 is 2.87 bits per heavy atom. The molecular formula is C24H24N4O3. The van der Waals surface area contributed by atoms with Crippen LogP contribution in [0.2, 0.25) is 0 Å². The number of aryl methyl sites for hydroxylation is 1. The number of ether oxygens (including phenoxy) is 1. The molecule has 0 aliphatic carbocycles. The number of likely N-dealkylation sites (tertiary alicyclic amines) is 1. The van der Waals surface area contributed by atoms with E-state index in [2.05, 4.69) is 10.4 Å². The topological polar surface area (TPSA) is 76.5 Å².